The van der Waals surface area contributed by atoms with Crippen molar-refractivity contribution in [2.75, 3.05) is 26.2 Å². The van der Waals surface area contributed by atoms with Gasteiger partial charge in [0.2, 0.25) is 15.9 Å². The molecule has 2 saturated heterocycles. The van der Waals surface area contributed by atoms with Crippen LogP contribution in [0.3, 0.4) is 0 Å². The lowest BCUT2D eigenvalue weighted by atomic mass is 9.97. The molecule has 3 rings (SSSR count). The molecule has 0 aliphatic carbocycles. The van der Waals surface area contributed by atoms with Crippen molar-refractivity contribution in [1.82, 2.24) is 9.21 Å². The molecule has 1 amide bonds. The van der Waals surface area contributed by atoms with Gasteiger partial charge in [0.15, 0.2) is 0 Å². The van der Waals surface area contributed by atoms with Gasteiger partial charge in [-0.25, -0.2) is 8.42 Å². The van der Waals surface area contributed by atoms with Crippen molar-refractivity contribution >= 4 is 31.9 Å². The molecule has 1 aromatic carbocycles. The third-order valence-electron chi connectivity index (χ3n) is 4.85. The summed E-state index contributed by atoms with van der Waals surface area (Å²) in [5.74, 6) is -0.0764. The number of nitrogens with zero attached hydrogens (tertiary/aromatic N) is 2. The smallest absolute Gasteiger partial charge is 0.243 e. The number of benzene rings is 1. The van der Waals surface area contributed by atoms with Crippen molar-refractivity contribution < 1.29 is 13.2 Å². The van der Waals surface area contributed by atoms with Crippen LogP contribution in [-0.4, -0.2) is 49.7 Å². The van der Waals surface area contributed by atoms with E-state index in [1.165, 1.54) is 10.7 Å². The molecule has 2 fully saturated rings. The normalized spacial score (nSPS) is 23.2. The van der Waals surface area contributed by atoms with Gasteiger partial charge in [0.1, 0.15) is 0 Å². The number of likely N-dealkylation sites (tertiary alicyclic amines) is 1. The van der Waals surface area contributed by atoms with Crippen LogP contribution in [0.4, 0.5) is 0 Å². The second kappa shape index (κ2) is 7.54. The first-order valence-electron chi connectivity index (χ1n) is 8.53. The lowest BCUT2D eigenvalue weighted by Crippen LogP contribution is -2.47. The van der Waals surface area contributed by atoms with Gasteiger partial charge in [0.25, 0.3) is 0 Å². The van der Waals surface area contributed by atoms with Crippen LogP contribution in [0.15, 0.2) is 33.6 Å². The van der Waals surface area contributed by atoms with E-state index in [9.17, 15) is 13.2 Å². The Morgan fingerprint density at radius 1 is 1.00 bits per heavy atom. The molecule has 2 aliphatic rings. The minimum absolute atomic E-state index is 0.130. The van der Waals surface area contributed by atoms with Gasteiger partial charge in [0.05, 0.1) is 10.8 Å². The minimum atomic E-state index is -3.53. The second-order valence-electron chi connectivity index (χ2n) is 6.54. The zero-order valence-corrected chi connectivity index (χ0v) is 16.1. The van der Waals surface area contributed by atoms with E-state index in [1.807, 2.05) is 4.90 Å². The summed E-state index contributed by atoms with van der Waals surface area (Å²) in [5.41, 5.74) is 0. The van der Waals surface area contributed by atoms with Gasteiger partial charge < -0.3 is 4.90 Å². The molecule has 0 aromatic heterocycles. The number of carbonyl (C=O) groups is 1. The van der Waals surface area contributed by atoms with E-state index < -0.39 is 10.0 Å². The summed E-state index contributed by atoms with van der Waals surface area (Å²) in [5, 5.41) is 0. The van der Waals surface area contributed by atoms with Crippen molar-refractivity contribution in [1.29, 1.82) is 0 Å². The number of hydrogen-bond acceptors (Lipinski definition) is 3. The standard InChI is InChI=1S/C17H23BrN2O3S/c18-15-6-8-16(9-7-15)24(22,23)20-12-4-5-14(13-20)17(21)19-10-2-1-3-11-19/h6-9,14H,1-5,10-13H2/t14-/m0/s1. The molecule has 24 heavy (non-hydrogen) atoms. The maximum atomic E-state index is 12.8. The molecule has 0 unspecified atom stereocenters. The third kappa shape index (κ3) is 3.83. The summed E-state index contributed by atoms with van der Waals surface area (Å²) in [6, 6.07) is 6.67. The quantitative estimate of drug-likeness (QED) is 0.763. The van der Waals surface area contributed by atoms with Crippen LogP contribution < -0.4 is 0 Å². The van der Waals surface area contributed by atoms with Crippen LogP contribution in [0, 0.1) is 5.92 Å². The highest BCUT2D eigenvalue weighted by Crippen LogP contribution is 2.26. The van der Waals surface area contributed by atoms with Crippen LogP contribution in [0.25, 0.3) is 0 Å². The fourth-order valence-corrected chi connectivity index (χ4v) is 5.28. The summed E-state index contributed by atoms with van der Waals surface area (Å²) in [4.78, 5) is 14.9. The number of sulfonamides is 1. The first-order chi connectivity index (χ1) is 11.5. The highest BCUT2D eigenvalue weighted by Gasteiger charge is 2.35. The zero-order valence-electron chi connectivity index (χ0n) is 13.7. The van der Waals surface area contributed by atoms with E-state index in [4.69, 9.17) is 0 Å². The average molecular weight is 415 g/mol. The van der Waals surface area contributed by atoms with E-state index in [-0.39, 0.29) is 16.7 Å². The molecule has 0 saturated carbocycles. The summed E-state index contributed by atoms with van der Waals surface area (Å²) in [6.07, 6.45) is 4.80. The lowest BCUT2D eigenvalue weighted by molar-refractivity contribution is -0.137. The predicted molar refractivity (Wildman–Crippen MR) is 96.1 cm³/mol. The van der Waals surface area contributed by atoms with Crippen LogP contribution in [0.1, 0.15) is 32.1 Å². The molecular formula is C17H23BrN2O3S. The fraction of sp³-hybridized carbons (Fsp3) is 0.588. The average Bonchev–Trinajstić information content (AvgIpc) is 2.62. The molecule has 0 radical (unpaired) electrons. The van der Waals surface area contributed by atoms with Crippen LogP contribution in [0.5, 0.6) is 0 Å². The van der Waals surface area contributed by atoms with Crippen molar-refractivity contribution in [2.24, 2.45) is 5.92 Å². The van der Waals surface area contributed by atoms with Gasteiger partial charge in [-0.05, 0) is 56.4 Å². The van der Waals surface area contributed by atoms with Crippen molar-refractivity contribution in [3.8, 4) is 0 Å². The Balaban J connectivity index is 1.72. The number of halogens is 1. The summed E-state index contributed by atoms with van der Waals surface area (Å²) in [7, 11) is -3.53. The van der Waals surface area contributed by atoms with Gasteiger partial charge >= 0.3 is 0 Å². The number of rotatable bonds is 3. The number of piperidine rings is 2. The Bertz CT molecular complexity index is 684. The highest BCUT2D eigenvalue weighted by atomic mass is 79.9. The summed E-state index contributed by atoms with van der Waals surface area (Å²) < 4.78 is 28.0. The predicted octanol–water partition coefficient (Wildman–Crippen LogP) is 2.86. The zero-order chi connectivity index (χ0) is 17.2. The van der Waals surface area contributed by atoms with Crippen molar-refractivity contribution in [3.63, 3.8) is 0 Å². The minimum Gasteiger partial charge on any atom is -0.342 e. The SMILES string of the molecule is O=C([C@H]1CCCN(S(=O)(=O)c2ccc(Br)cc2)C1)N1CCCCC1. The van der Waals surface area contributed by atoms with Gasteiger partial charge in [-0.15, -0.1) is 0 Å². The maximum absolute atomic E-state index is 12.8. The second-order valence-corrected chi connectivity index (χ2v) is 9.40. The Kier molecular flexibility index (Phi) is 5.62. The Morgan fingerprint density at radius 2 is 1.67 bits per heavy atom. The van der Waals surface area contributed by atoms with Gasteiger partial charge in [0, 0.05) is 30.7 Å². The van der Waals surface area contributed by atoms with E-state index >= 15 is 0 Å². The van der Waals surface area contributed by atoms with Crippen molar-refractivity contribution in [2.45, 2.75) is 37.0 Å². The van der Waals surface area contributed by atoms with Crippen molar-refractivity contribution in [3.05, 3.63) is 28.7 Å². The molecule has 0 N–H and O–H groups in total. The molecule has 132 valence electrons. The first kappa shape index (κ1) is 17.9. The Morgan fingerprint density at radius 3 is 2.33 bits per heavy atom. The molecule has 2 heterocycles. The number of carbonyl (C=O) groups excluding carboxylic acids is 1. The Labute approximate surface area is 152 Å². The summed E-state index contributed by atoms with van der Waals surface area (Å²) in [6.45, 7) is 2.42. The van der Waals surface area contributed by atoms with Gasteiger partial charge in [-0.3, -0.25) is 4.79 Å². The van der Waals surface area contributed by atoms with Crippen LogP contribution in [0.2, 0.25) is 0 Å². The number of hydrogen-bond donors (Lipinski definition) is 0. The first-order valence-corrected chi connectivity index (χ1v) is 10.8. The van der Waals surface area contributed by atoms with Crippen LogP contribution in [-0.2, 0) is 14.8 Å². The highest BCUT2D eigenvalue weighted by molar-refractivity contribution is 9.10. The van der Waals surface area contributed by atoms with Gasteiger partial charge in [-0.1, -0.05) is 15.9 Å². The van der Waals surface area contributed by atoms with E-state index in [2.05, 4.69) is 15.9 Å². The number of amides is 1. The third-order valence-corrected chi connectivity index (χ3v) is 7.26. The largest absolute Gasteiger partial charge is 0.342 e. The Hall–Kier alpha value is -0.920. The fourth-order valence-electron chi connectivity index (χ4n) is 3.49. The molecule has 0 spiro atoms. The van der Waals surface area contributed by atoms with Gasteiger partial charge in [-0.2, -0.15) is 4.31 Å². The van der Waals surface area contributed by atoms with E-state index in [0.29, 0.717) is 13.1 Å². The molecule has 1 aromatic rings. The van der Waals surface area contributed by atoms with E-state index in [0.717, 1.165) is 43.2 Å². The maximum Gasteiger partial charge on any atom is 0.243 e. The lowest BCUT2D eigenvalue weighted by Gasteiger charge is -2.35. The van der Waals surface area contributed by atoms with E-state index in [1.54, 1.807) is 24.3 Å². The monoisotopic (exact) mass is 414 g/mol. The molecule has 7 heteroatoms. The van der Waals surface area contributed by atoms with Crippen LogP contribution >= 0.6 is 15.9 Å². The summed E-state index contributed by atoms with van der Waals surface area (Å²) >= 11 is 3.32. The molecule has 2 aliphatic heterocycles. The molecular weight excluding hydrogens is 392 g/mol. The topological polar surface area (TPSA) is 57.7 Å². The molecule has 1 atom stereocenters. The molecule has 5 nitrogen and oxygen atoms in total. The molecule has 0 bridgehead atoms.